The molecule has 1 N–H and O–H groups in total. The van der Waals surface area contributed by atoms with Gasteiger partial charge in [-0.15, -0.1) is 0 Å². The number of hydrogen-bond donors (Lipinski definition) is 1. The van der Waals surface area contributed by atoms with E-state index in [1.165, 1.54) is 4.57 Å². The summed E-state index contributed by atoms with van der Waals surface area (Å²) in [5, 5.41) is 10.9. The van der Waals surface area contributed by atoms with E-state index in [-0.39, 0.29) is 28.5 Å². The van der Waals surface area contributed by atoms with Crippen molar-refractivity contribution in [2.45, 2.75) is 19.9 Å². The average Bonchev–Trinajstić information content (AvgIpc) is 3.06. The highest BCUT2D eigenvalue weighted by molar-refractivity contribution is 9.10. The molecule has 0 aliphatic carbocycles. The molecule has 0 amide bonds. The lowest BCUT2D eigenvalue weighted by atomic mass is 9.96. The number of hydrogen-bond acceptors (Lipinski definition) is 6. The van der Waals surface area contributed by atoms with Crippen LogP contribution in [-0.4, -0.2) is 22.2 Å². The van der Waals surface area contributed by atoms with Gasteiger partial charge in [0, 0.05) is 15.1 Å². The van der Waals surface area contributed by atoms with Crippen LogP contribution in [0.25, 0.3) is 6.08 Å². The van der Waals surface area contributed by atoms with E-state index in [1.807, 2.05) is 0 Å². The van der Waals surface area contributed by atoms with Crippen molar-refractivity contribution in [1.29, 1.82) is 0 Å². The van der Waals surface area contributed by atoms with E-state index in [9.17, 15) is 14.7 Å². The van der Waals surface area contributed by atoms with Gasteiger partial charge in [0.2, 0.25) is 0 Å². The van der Waals surface area contributed by atoms with Gasteiger partial charge in [-0.05, 0) is 43.7 Å². The number of esters is 1. The van der Waals surface area contributed by atoms with Crippen LogP contribution in [0.15, 0.2) is 61.9 Å². The fourth-order valence-corrected chi connectivity index (χ4v) is 5.73. The fraction of sp³-hybridized carbons (Fsp3) is 0.174. The Morgan fingerprint density at radius 2 is 2.03 bits per heavy atom. The third-order valence-corrected chi connectivity index (χ3v) is 7.13. The molecule has 1 aromatic heterocycles. The number of phenolic OH excluding ortho intramolecular Hbond substituents is 1. The molecule has 0 bridgehead atoms. The molecular weight excluding hydrogens is 551 g/mol. The van der Waals surface area contributed by atoms with Crippen LogP contribution < -0.4 is 14.9 Å². The van der Waals surface area contributed by atoms with Crippen molar-refractivity contribution in [3.05, 3.63) is 93.0 Å². The van der Waals surface area contributed by atoms with Gasteiger partial charge in [0.05, 0.1) is 27.4 Å². The van der Waals surface area contributed by atoms with E-state index in [0.29, 0.717) is 35.7 Å². The topological polar surface area (TPSA) is 80.9 Å². The molecular formula is C23H17BrCl2N2O4S. The number of nitrogens with zero attached hydrogens (tertiary/aromatic N) is 2. The van der Waals surface area contributed by atoms with Gasteiger partial charge in [0.15, 0.2) is 4.80 Å². The summed E-state index contributed by atoms with van der Waals surface area (Å²) in [4.78, 5) is 31.4. The first-order valence-electron chi connectivity index (χ1n) is 9.85. The summed E-state index contributed by atoms with van der Waals surface area (Å²) in [6.45, 7) is 3.59. The van der Waals surface area contributed by atoms with Crippen molar-refractivity contribution in [2.24, 2.45) is 4.99 Å². The van der Waals surface area contributed by atoms with Crippen LogP contribution in [-0.2, 0) is 9.53 Å². The second-order valence-corrected chi connectivity index (χ2v) is 9.89. The summed E-state index contributed by atoms with van der Waals surface area (Å²) in [6, 6.07) is 9.43. The molecule has 6 nitrogen and oxygen atoms in total. The molecule has 0 spiro atoms. The molecule has 4 rings (SSSR count). The first-order valence-corrected chi connectivity index (χ1v) is 12.2. The van der Waals surface area contributed by atoms with E-state index in [2.05, 4.69) is 20.9 Å². The Balaban J connectivity index is 2.01. The van der Waals surface area contributed by atoms with Crippen LogP contribution in [0.2, 0.25) is 10.0 Å². The number of carbonyl (C=O) groups is 1. The third kappa shape index (κ3) is 4.40. The number of ether oxygens (including phenoxy) is 1. The molecule has 1 aliphatic heterocycles. The molecule has 1 unspecified atom stereocenters. The van der Waals surface area contributed by atoms with Gasteiger partial charge >= 0.3 is 5.97 Å². The van der Waals surface area contributed by atoms with E-state index in [1.54, 1.807) is 56.3 Å². The van der Waals surface area contributed by atoms with E-state index in [0.717, 1.165) is 11.3 Å². The number of halogens is 3. The lowest BCUT2D eigenvalue weighted by molar-refractivity contribution is -0.139. The Labute approximate surface area is 211 Å². The van der Waals surface area contributed by atoms with Crippen LogP contribution in [0.1, 0.15) is 31.0 Å². The zero-order valence-corrected chi connectivity index (χ0v) is 21.3. The van der Waals surface area contributed by atoms with E-state index < -0.39 is 12.0 Å². The highest BCUT2D eigenvalue weighted by Gasteiger charge is 2.34. The molecule has 0 radical (unpaired) electrons. The zero-order chi connectivity index (χ0) is 23.9. The van der Waals surface area contributed by atoms with Gasteiger partial charge in [-0.1, -0.05) is 68.7 Å². The lowest BCUT2D eigenvalue weighted by Crippen LogP contribution is -2.40. The first kappa shape index (κ1) is 23.8. The predicted molar refractivity (Wildman–Crippen MR) is 133 cm³/mol. The number of thiazole rings is 1. The van der Waals surface area contributed by atoms with Crippen LogP contribution in [0.4, 0.5) is 0 Å². The SMILES string of the molecule is CCOC(=O)C1=C(C)N=c2sc(=Cc3cc(Br)cc(Cl)c3O)c(=O)n2C1c1ccccc1Cl. The maximum absolute atomic E-state index is 13.6. The Morgan fingerprint density at radius 3 is 2.73 bits per heavy atom. The maximum Gasteiger partial charge on any atom is 0.338 e. The summed E-state index contributed by atoms with van der Waals surface area (Å²) in [5.41, 5.74) is 1.26. The Bertz CT molecular complexity index is 1490. The minimum Gasteiger partial charge on any atom is -0.506 e. The lowest BCUT2D eigenvalue weighted by Gasteiger charge is -2.25. The van der Waals surface area contributed by atoms with Crippen LogP contribution in [0.5, 0.6) is 5.75 Å². The van der Waals surface area contributed by atoms with Gasteiger partial charge in [-0.3, -0.25) is 9.36 Å². The van der Waals surface area contributed by atoms with Gasteiger partial charge < -0.3 is 9.84 Å². The standard InChI is InChI=1S/C23H17BrCl2N2O4S/c1-3-32-22(31)18-11(2)27-23-28(19(18)14-6-4-5-7-15(14)25)21(30)17(33-23)9-12-8-13(24)10-16(26)20(12)29/h4-10,19,29H,3H2,1-2H3. The molecule has 170 valence electrons. The van der Waals surface area contributed by atoms with Crippen LogP contribution in [0, 0.1) is 0 Å². The highest BCUT2D eigenvalue weighted by Crippen LogP contribution is 2.35. The molecule has 10 heteroatoms. The maximum atomic E-state index is 13.6. The third-order valence-electron chi connectivity index (χ3n) is 5.06. The van der Waals surface area contributed by atoms with Crippen LogP contribution >= 0.6 is 50.5 Å². The second kappa shape index (κ2) is 9.46. The van der Waals surface area contributed by atoms with E-state index in [4.69, 9.17) is 27.9 Å². The summed E-state index contributed by atoms with van der Waals surface area (Å²) in [7, 11) is 0. The number of benzene rings is 2. The fourth-order valence-electron chi connectivity index (χ4n) is 3.62. The normalized spacial score (nSPS) is 15.9. The van der Waals surface area contributed by atoms with Crippen molar-refractivity contribution < 1.29 is 14.6 Å². The Morgan fingerprint density at radius 1 is 1.30 bits per heavy atom. The molecule has 2 heterocycles. The van der Waals surface area contributed by atoms with E-state index >= 15 is 0 Å². The Kier molecular flexibility index (Phi) is 6.81. The molecule has 1 aliphatic rings. The van der Waals surface area contributed by atoms with Crippen LogP contribution in [0.3, 0.4) is 0 Å². The zero-order valence-electron chi connectivity index (χ0n) is 17.4. The predicted octanol–water partition coefficient (Wildman–Crippen LogP) is 4.57. The number of fused-ring (bicyclic) bond motifs is 1. The molecule has 1 atom stereocenters. The number of phenols is 1. The quantitative estimate of drug-likeness (QED) is 0.468. The van der Waals surface area contributed by atoms with Gasteiger partial charge in [0.1, 0.15) is 11.8 Å². The summed E-state index contributed by atoms with van der Waals surface area (Å²) < 4.78 is 7.67. The van der Waals surface area contributed by atoms with Crippen molar-refractivity contribution in [3.8, 4) is 5.75 Å². The summed E-state index contributed by atoms with van der Waals surface area (Å²) in [5.74, 6) is -0.703. The highest BCUT2D eigenvalue weighted by atomic mass is 79.9. The minimum absolute atomic E-state index is 0.142. The molecule has 0 fully saturated rings. The summed E-state index contributed by atoms with van der Waals surface area (Å²) in [6.07, 6.45) is 1.54. The second-order valence-electron chi connectivity index (χ2n) is 7.15. The minimum atomic E-state index is -0.809. The monoisotopic (exact) mass is 566 g/mol. The van der Waals surface area contributed by atoms with Crippen molar-refractivity contribution in [1.82, 2.24) is 4.57 Å². The summed E-state index contributed by atoms with van der Waals surface area (Å²) >= 11 is 17.0. The first-order chi connectivity index (χ1) is 15.7. The molecule has 2 aromatic carbocycles. The number of allylic oxidation sites excluding steroid dienone is 1. The average molecular weight is 568 g/mol. The van der Waals surface area contributed by atoms with Crippen molar-refractivity contribution >= 4 is 62.5 Å². The number of carbonyl (C=O) groups excluding carboxylic acids is 1. The van der Waals surface area contributed by atoms with Gasteiger partial charge in [-0.2, -0.15) is 0 Å². The largest absolute Gasteiger partial charge is 0.506 e. The van der Waals surface area contributed by atoms with Crippen molar-refractivity contribution in [3.63, 3.8) is 0 Å². The van der Waals surface area contributed by atoms with Crippen molar-refractivity contribution in [2.75, 3.05) is 6.61 Å². The van der Waals surface area contributed by atoms with Gasteiger partial charge in [0.25, 0.3) is 5.56 Å². The molecule has 0 saturated carbocycles. The molecule has 33 heavy (non-hydrogen) atoms. The van der Waals surface area contributed by atoms with Gasteiger partial charge in [-0.25, -0.2) is 9.79 Å². The smallest absolute Gasteiger partial charge is 0.338 e. The number of aromatic nitrogens is 1. The number of rotatable bonds is 4. The number of aromatic hydroxyl groups is 1. The molecule has 0 saturated heterocycles. The molecule has 3 aromatic rings. The Hall–Kier alpha value is -2.39.